The predicted octanol–water partition coefficient (Wildman–Crippen LogP) is 3.83. The van der Waals surface area contributed by atoms with Gasteiger partial charge in [-0.15, -0.1) is 0 Å². The number of rotatable bonds is 4. The van der Waals surface area contributed by atoms with Crippen LogP contribution in [0.4, 0.5) is 5.69 Å². The van der Waals surface area contributed by atoms with Crippen molar-refractivity contribution in [3.05, 3.63) is 57.0 Å². The molecular formula is C14H14Br2N2O2S. The fraction of sp³-hybridized carbons (Fsp3) is 0.143. The van der Waals surface area contributed by atoms with E-state index in [9.17, 15) is 8.42 Å². The molecule has 4 nitrogen and oxygen atoms in total. The van der Waals surface area contributed by atoms with Crippen molar-refractivity contribution < 1.29 is 8.42 Å². The molecule has 0 unspecified atom stereocenters. The van der Waals surface area contributed by atoms with E-state index < -0.39 is 10.0 Å². The van der Waals surface area contributed by atoms with E-state index in [0.29, 0.717) is 10.2 Å². The maximum atomic E-state index is 12.4. The topological polar surface area (TPSA) is 72.2 Å². The molecule has 2 rings (SSSR count). The summed E-state index contributed by atoms with van der Waals surface area (Å²) in [4.78, 5) is 0.131. The van der Waals surface area contributed by atoms with Crippen LogP contribution in [0.1, 0.15) is 18.5 Å². The van der Waals surface area contributed by atoms with Gasteiger partial charge in [0.2, 0.25) is 10.0 Å². The third kappa shape index (κ3) is 4.06. The van der Waals surface area contributed by atoms with E-state index in [4.69, 9.17) is 5.73 Å². The number of hydrogen-bond donors (Lipinski definition) is 2. The molecule has 0 saturated heterocycles. The molecule has 0 heterocycles. The lowest BCUT2D eigenvalue weighted by atomic mass is 10.1. The van der Waals surface area contributed by atoms with Crippen molar-refractivity contribution in [3.8, 4) is 0 Å². The van der Waals surface area contributed by atoms with Crippen LogP contribution in [0.3, 0.4) is 0 Å². The zero-order valence-corrected chi connectivity index (χ0v) is 15.2. The molecule has 3 N–H and O–H groups in total. The second-order valence-corrected chi connectivity index (χ2v) is 8.04. The van der Waals surface area contributed by atoms with Gasteiger partial charge in [0.1, 0.15) is 0 Å². The van der Waals surface area contributed by atoms with Gasteiger partial charge in [0.05, 0.1) is 4.90 Å². The maximum Gasteiger partial charge on any atom is 0.242 e. The Labute approximate surface area is 141 Å². The first-order chi connectivity index (χ1) is 9.79. The zero-order chi connectivity index (χ0) is 15.6. The van der Waals surface area contributed by atoms with E-state index in [1.165, 1.54) is 6.07 Å². The number of halogens is 2. The van der Waals surface area contributed by atoms with Gasteiger partial charge in [-0.3, -0.25) is 0 Å². The molecule has 0 aliphatic carbocycles. The number of nitrogens with one attached hydrogen (secondary N) is 1. The summed E-state index contributed by atoms with van der Waals surface area (Å²) in [6.07, 6.45) is 0. The van der Waals surface area contributed by atoms with Gasteiger partial charge in [0, 0.05) is 20.7 Å². The summed E-state index contributed by atoms with van der Waals surface area (Å²) in [5.74, 6) is 0. The van der Waals surface area contributed by atoms with Gasteiger partial charge in [-0.05, 0) is 58.7 Å². The Morgan fingerprint density at radius 3 is 2.33 bits per heavy atom. The minimum absolute atomic E-state index is 0.131. The molecule has 0 bridgehead atoms. The van der Waals surface area contributed by atoms with Crippen LogP contribution in [-0.2, 0) is 10.0 Å². The smallest absolute Gasteiger partial charge is 0.242 e. The van der Waals surface area contributed by atoms with Crippen LogP contribution in [0.25, 0.3) is 0 Å². The predicted molar refractivity (Wildman–Crippen MR) is 91.4 cm³/mol. The first-order valence-corrected chi connectivity index (χ1v) is 9.19. The summed E-state index contributed by atoms with van der Waals surface area (Å²) in [6.45, 7) is 1.79. The highest BCUT2D eigenvalue weighted by molar-refractivity contribution is 9.10. The van der Waals surface area contributed by atoms with Crippen molar-refractivity contribution in [2.45, 2.75) is 17.9 Å². The second kappa shape index (κ2) is 6.48. The van der Waals surface area contributed by atoms with Gasteiger partial charge in [-0.1, -0.05) is 28.1 Å². The summed E-state index contributed by atoms with van der Waals surface area (Å²) < 4.78 is 29.0. The molecule has 112 valence electrons. The molecular weight excluding hydrogens is 420 g/mol. The van der Waals surface area contributed by atoms with Gasteiger partial charge < -0.3 is 5.73 Å². The van der Waals surface area contributed by atoms with Gasteiger partial charge in [-0.2, -0.15) is 0 Å². The lowest BCUT2D eigenvalue weighted by Gasteiger charge is -2.16. The van der Waals surface area contributed by atoms with Crippen molar-refractivity contribution in [2.75, 3.05) is 5.73 Å². The third-order valence-electron chi connectivity index (χ3n) is 2.95. The standard InChI is InChI=1S/C14H14Br2N2O2S/c1-9(10-2-4-11(15)5-3-10)18-21(19,20)14-8-12(17)6-7-13(14)16/h2-9,18H,17H2,1H3/t9-/m1/s1. The Kier molecular flexibility index (Phi) is 5.08. The normalized spacial score (nSPS) is 13.1. The second-order valence-electron chi connectivity index (χ2n) is 4.58. The van der Waals surface area contributed by atoms with E-state index in [-0.39, 0.29) is 10.9 Å². The van der Waals surface area contributed by atoms with Crippen molar-refractivity contribution in [1.82, 2.24) is 4.72 Å². The Hall–Kier alpha value is -0.890. The number of nitrogen functional groups attached to an aromatic ring is 1. The fourth-order valence-corrected chi connectivity index (χ4v) is 4.34. The largest absolute Gasteiger partial charge is 0.399 e. The van der Waals surface area contributed by atoms with E-state index in [1.54, 1.807) is 19.1 Å². The van der Waals surface area contributed by atoms with Gasteiger partial charge in [0.15, 0.2) is 0 Å². The molecule has 0 radical (unpaired) electrons. The Morgan fingerprint density at radius 2 is 1.71 bits per heavy atom. The molecule has 0 saturated carbocycles. The number of anilines is 1. The van der Waals surface area contributed by atoms with E-state index in [1.807, 2.05) is 24.3 Å². The highest BCUT2D eigenvalue weighted by Gasteiger charge is 2.21. The molecule has 0 aliphatic rings. The summed E-state index contributed by atoms with van der Waals surface area (Å²) in [5, 5.41) is 0. The molecule has 2 aromatic rings. The van der Waals surface area contributed by atoms with E-state index in [2.05, 4.69) is 36.6 Å². The monoisotopic (exact) mass is 432 g/mol. The first-order valence-electron chi connectivity index (χ1n) is 6.12. The number of sulfonamides is 1. The van der Waals surface area contributed by atoms with Crippen LogP contribution in [-0.4, -0.2) is 8.42 Å². The van der Waals surface area contributed by atoms with Crippen molar-refractivity contribution in [2.24, 2.45) is 0 Å². The number of nitrogens with two attached hydrogens (primary N) is 1. The average molecular weight is 434 g/mol. The number of hydrogen-bond acceptors (Lipinski definition) is 3. The number of benzene rings is 2. The summed E-state index contributed by atoms with van der Waals surface area (Å²) >= 11 is 6.59. The van der Waals surface area contributed by atoms with Crippen LogP contribution in [0, 0.1) is 0 Å². The Bertz CT molecular complexity index is 746. The molecule has 1 atom stereocenters. The van der Waals surface area contributed by atoms with Crippen LogP contribution < -0.4 is 10.5 Å². The average Bonchev–Trinajstić information content (AvgIpc) is 2.41. The van der Waals surface area contributed by atoms with Gasteiger partial charge in [-0.25, -0.2) is 13.1 Å². The van der Waals surface area contributed by atoms with Crippen molar-refractivity contribution in [1.29, 1.82) is 0 Å². The van der Waals surface area contributed by atoms with Crippen LogP contribution in [0.2, 0.25) is 0 Å². The highest BCUT2D eigenvalue weighted by Crippen LogP contribution is 2.26. The first kappa shape index (κ1) is 16.5. The van der Waals surface area contributed by atoms with Crippen LogP contribution in [0.15, 0.2) is 56.3 Å². The van der Waals surface area contributed by atoms with Gasteiger partial charge in [0.25, 0.3) is 0 Å². The van der Waals surface area contributed by atoms with E-state index >= 15 is 0 Å². The van der Waals surface area contributed by atoms with Gasteiger partial charge >= 0.3 is 0 Å². The minimum atomic E-state index is -3.66. The maximum absolute atomic E-state index is 12.4. The zero-order valence-electron chi connectivity index (χ0n) is 11.2. The molecule has 0 spiro atoms. The minimum Gasteiger partial charge on any atom is -0.399 e. The Balaban J connectivity index is 2.28. The molecule has 0 amide bonds. The Morgan fingerprint density at radius 1 is 1.10 bits per heavy atom. The molecule has 21 heavy (non-hydrogen) atoms. The quantitative estimate of drug-likeness (QED) is 0.719. The summed E-state index contributed by atoms with van der Waals surface area (Å²) in [7, 11) is -3.66. The molecule has 7 heteroatoms. The lowest BCUT2D eigenvalue weighted by molar-refractivity contribution is 0.566. The van der Waals surface area contributed by atoms with Crippen LogP contribution >= 0.6 is 31.9 Å². The fourth-order valence-electron chi connectivity index (χ4n) is 1.84. The lowest BCUT2D eigenvalue weighted by Crippen LogP contribution is -2.27. The molecule has 0 aromatic heterocycles. The molecule has 2 aromatic carbocycles. The SMILES string of the molecule is C[C@@H](NS(=O)(=O)c1cc(N)ccc1Br)c1ccc(Br)cc1. The third-order valence-corrected chi connectivity index (χ3v) is 6.01. The summed E-state index contributed by atoms with van der Waals surface area (Å²) in [6, 6.07) is 11.8. The highest BCUT2D eigenvalue weighted by atomic mass is 79.9. The van der Waals surface area contributed by atoms with Crippen LogP contribution in [0.5, 0.6) is 0 Å². The molecule has 0 fully saturated rings. The summed E-state index contributed by atoms with van der Waals surface area (Å²) in [5.41, 5.74) is 6.94. The van der Waals surface area contributed by atoms with Crippen molar-refractivity contribution >= 4 is 47.6 Å². The van der Waals surface area contributed by atoms with E-state index in [0.717, 1.165) is 10.0 Å². The van der Waals surface area contributed by atoms with Crippen molar-refractivity contribution in [3.63, 3.8) is 0 Å². The molecule has 0 aliphatic heterocycles.